The number of anilines is 2. The molecule has 2 N–H and O–H groups in total. The van der Waals surface area contributed by atoms with E-state index in [1.807, 2.05) is 13.0 Å². The van der Waals surface area contributed by atoms with Crippen molar-refractivity contribution in [3.05, 3.63) is 60.2 Å². The van der Waals surface area contributed by atoms with Crippen molar-refractivity contribution in [3.63, 3.8) is 0 Å². The van der Waals surface area contributed by atoms with Crippen LogP contribution in [0.4, 0.5) is 20.3 Å². The first-order valence-corrected chi connectivity index (χ1v) is 9.05. The number of aryl methyl sites for hydroxylation is 1. The normalized spacial score (nSPS) is 12.3. The van der Waals surface area contributed by atoms with Crippen LogP contribution in [-0.2, 0) is 7.05 Å². The van der Waals surface area contributed by atoms with Crippen LogP contribution in [0.3, 0.4) is 0 Å². The molecule has 0 aliphatic heterocycles. The van der Waals surface area contributed by atoms with Gasteiger partial charge in [0.2, 0.25) is 0 Å². The molecule has 0 fully saturated rings. The van der Waals surface area contributed by atoms with E-state index in [1.54, 1.807) is 42.3 Å². The van der Waals surface area contributed by atoms with Crippen molar-refractivity contribution in [2.75, 3.05) is 10.6 Å². The zero-order valence-electron chi connectivity index (χ0n) is 16.1. The maximum Gasteiger partial charge on any atom is 0.333 e. The van der Waals surface area contributed by atoms with Gasteiger partial charge in [0, 0.05) is 18.9 Å². The van der Waals surface area contributed by atoms with Crippen molar-refractivity contribution in [1.29, 1.82) is 0 Å². The zero-order chi connectivity index (χ0) is 21.3. The molecule has 0 radical (unpaired) electrons. The monoisotopic (exact) mass is 412 g/mol. The highest BCUT2D eigenvalue weighted by Gasteiger charge is 2.14. The minimum atomic E-state index is -2.80. The number of carbonyl (C=O) groups is 1. The fraction of sp³-hybridized carbons (Fsp3) is 0.211. The lowest BCUT2D eigenvalue weighted by molar-refractivity contribution is 0.0565. The number of amides is 1. The van der Waals surface area contributed by atoms with Crippen LogP contribution >= 0.6 is 0 Å². The van der Waals surface area contributed by atoms with Crippen LogP contribution in [0.15, 0.2) is 49.1 Å². The molecule has 0 bridgehead atoms. The molecule has 3 heterocycles. The Labute approximate surface area is 169 Å². The van der Waals surface area contributed by atoms with Gasteiger partial charge >= 0.3 is 6.55 Å². The number of fused-ring (bicyclic) bond motifs is 1. The molecule has 3 aromatic heterocycles. The quantitative estimate of drug-likeness (QED) is 0.503. The first-order valence-electron chi connectivity index (χ1n) is 9.05. The molecule has 4 aromatic rings. The lowest BCUT2D eigenvalue weighted by Crippen LogP contribution is -2.13. The van der Waals surface area contributed by atoms with Crippen LogP contribution in [0.25, 0.3) is 11.2 Å². The number of aromatic nitrogens is 6. The molecule has 0 saturated heterocycles. The van der Waals surface area contributed by atoms with Crippen LogP contribution in [0.5, 0.6) is 0 Å². The van der Waals surface area contributed by atoms with E-state index in [0.717, 1.165) is 18.0 Å². The van der Waals surface area contributed by atoms with E-state index in [0.29, 0.717) is 27.4 Å². The number of carbonyl (C=O) groups excluding carboxylic acids is 1. The zero-order valence-corrected chi connectivity index (χ0v) is 16.1. The summed E-state index contributed by atoms with van der Waals surface area (Å²) in [5, 5.41) is 13.6. The molecule has 4 rings (SSSR count). The number of hydrogen-bond donors (Lipinski definition) is 2. The van der Waals surface area contributed by atoms with Gasteiger partial charge in [-0.2, -0.15) is 19.0 Å². The highest BCUT2D eigenvalue weighted by atomic mass is 19.3. The fourth-order valence-electron chi connectivity index (χ4n) is 2.94. The van der Waals surface area contributed by atoms with Gasteiger partial charge in [0.1, 0.15) is 11.3 Å². The van der Waals surface area contributed by atoms with Gasteiger partial charge in [-0.05, 0) is 24.6 Å². The Bertz CT molecular complexity index is 1200. The van der Waals surface area contributed by atoms with Gasteiger partial charge in [-0.1, -0.05) is 12.1 Å². The van der Waals surface area contributed by atoms with Crippen molar-refractivity contribution in [2.24, 2.45) is 7.05 Å². The summed E-state index contributed by atoms with van der Waals surface area (Å²) in [6.07, 6.45) is 5.38. The van der Waals surface area contributed by atoms with Crippen molar-refractivity contribution in [1.82, 2.24) is 29.5 Å². The smallest absolute Gasteiger partial charge is 0.333 e. The number of rotatable bonds is 6. The lowest BCUT2D eigenvalue weighted by atomic mass is 10.1. The van der Waals surface area contributed by atoms with Gasteiger partial charge in [-0.15, -0.1) is 0 Å². The molecule has 154 valence electrons. The van der Waals surface area contributed by atoms with Crippen LogP contribution in [0.1, 0.15) is 35.4 Å². The molecule has 0 aliphatic carbocycles. The van der Waals surface area contributed by atoms with Crippen LogP contribution in [0, 0.1) is 0 Å². The first kappa shape index (κ1) is 19.4. The van der Waals surface area contributed by atoms with E-state index >= 15 is 0 Å². The van der Waals surface area contributed by atoms with Gasteiger partial charge in [-0.25, -0.2) is 19.3 Å². The molecular formula is C19H18F2N8O. The highest BCUT2D eigenvalue weighted by molar-refractivity contribution is 6.03. The summed E-state index contributed by atoms with van der Waals surface area (Å²) in [7, 11) is 1.79. The molecule has 0 aliphatic rings. The highest BCUT2D eigenvalue weighted by Crippen LogP contribution is 2.22. The van der Waals surface area contributed by atoms with E-state index < -0.39 is 12.5 Å². The Kier molecular flexibility index (Phi) is 5.09. The number of hydrogen-bond acceptors (Lipinski definition) is 6. The Morgan fingerprint density at radius 2 is 2.00 bits per heavy atom. The molecule has 30 heavy (non-hydrogen) atoms. The molecule has 0 unspecified atom stereocenters. The molecule has 0 saturated carbocycles. The van der Waals surface area contributed by atoms with Crippen LogP contribution < -0.4 is 10.6 Å². The molecule has 1 aromatic carbocycles. The van der Waals surface area contributed by atoms with Gasteiger partial charge in [-0.3, -0.25) is 4.79 Å². The van der Waals surface area contributed by atoms with Gasteiger partial charge in [0.25, 0.3) is 5.91 Å². The molecule has 11 heteroatoms. The summed E-state index contributed by atoms with van der Waals surface area (Å²) in [6.45, 7) is -0.849. The Balaban J connectivity index is 1.47. The van der Waals surface area contributed by atoms with Gasteiger partial charge in [0.15, 0.2) is 5.65 Å². The number of benzene rings is 1. The fourth-order valence-corrected chi connectivity index (χ4v) is 2.94. The van der Waals surface area contributed by atoms with Crippen molar-refractivity contribution in [3.8, 4) is 0 Å². The molecule has 9 nitrogen and oxygen atoms in total. The third-order valence-corrected chi connectivity index (χ3v) is 4.51. The van der Waals surface area contributed by atoms with E-state index in [1.165, 1.54) is 0 Å². The van der Waals surface area contributed by atoms with Crippen LogP contribution in [-0.4, -0.2) is 35.4 Å². The molecular weight excluding hydrogens is 394 g/mol. The Morgan fingerprint density at radius 1 is 1.17 bits per heavy atom. The minimum Gasteiger partial charge on any atom is -0.362 e. The minimum absolute atomic E-state index is 0.0478. The lowest BCUT2D eigenvalue weighted by Gasteiger charge is -2.16. The second kappa shape index (κ2) is 7.85. The average Bonchev–Trinajstić information content (AvgIpc) is 3.36. The summed E-state index contributed by atoms with van der Waals surface area (Å²) in [5.74, 6) is 0.0691. The largest absolute Gasteiger partial charge is 0.362 e. The third-order valence-electron chi connectivity index (χ3n) is 4.51. The average molecular weight is 412 g/mol. The SMILES string of the molecule is C[C@H](Nc1cnc2cnn(C)c2n1)c1cccc(NC(=O)c2cnn(C(F)F)c2)c1. The number of nitrogens with one attached hydrogen (secondary N) is 2. The molecule has 0 spiro atoms. The Morgan fingerprint density at radius 3 is 2.77 bits per heavy atom. The summed E-state index contributed by atoms with van der Waals surface area (Å²) < 4.78 is 27.3. The molecule has 1 amide bonds. The number of nitrogens with zero attached hydrogens (tertiary/aromatic N) is 6. The van der Waals surface area contributed by atoms with Gasteiger partial charge in [0.05, 0.1) is 30.2 Å². The van der Waals surface area contributed by atoms with Crippen molar-refractivity contribution >= 4 is 28.6 Å². The molecule has 1 atom stereocenters. The second-order valence-electron chi connectivity index (χ2n) is 6.66. The van der Waals surface area contributed by atoms with E-state index in [4.69, 9.17) is 0 Å². The number of halogens is 2. The topological polar surface area (TPSA) is 103 Å². The second-order valence-corrected chi connectivity index (χ2v) is 6.66. The summed E-state index contributed by atoms with van der Waals surface area (Å²) in [4.78, 5) is 21.1. The summed E-state index contributed by atoms with van der Waals surface area (Å²) in [6, 6.07) is 7.07. The third kappa shape index (κ3) is 3.95. The summed E-state index contributed by atoms with van der Waals surface area (Å²) >= 11 is 0. The predicted octanol–water partition coefficient (Wildman–Crippen LogP) is 3.38. The number of alkyl halides is 2. The maximum absolute atomic E-state index is 12.6. The Hall–Kier alpha value is -3.89. The predicted molar refractivity (Wildman–Crippen MR) is 106 cm³/mol. The standard InChI is InChI=1S/C19H18F2N8O/c1-11(25-16-9-22-15-8-23-28(2)17(15)27-16)12-4-3-5-14(6-12)26-18(30)13-7-24-29(10-13)19(20)21/h3-11,19H,1-2H3,(H,25,27)(H,26,30)/t11-/m0/s1. The summed E-state index contributed by atoms with van der Waals surface area (Å²) in [5.41, 5.74) is 2.84. The van der Waals surface area contributed by atoms with Gasteiger partial charge < -0.3 is 10.6 Å². The van der Waals surface area contributed by atoms with E-state index in [2.05, 4.69) is 30.8 Å². The van der Waals surface area contributed by atoms with E-state index in [9.17, 15) is 13.6 Å². The first-order chi connectivity index (χ1) is 14.4. The van der Waals surface area contributed by atoms with E-state index in [-0.39, 0.29) is 11.6 Å². The van der Waals surface area contributed by atoms with Crippen molar-refractivity contribution < 1.29 is 13.6 Å². The van der Waals surface area contributed by atoms with Crippen molar-refractivity contribution in [2.45, 2.75) is 19.5 Å². The maximum atomic E-state index is 12.6. The van der Waals surface area contributed by atoms with Crippen LogP contribution in [0.2, 0.25) is 0 Å².